The Hall–Kier alpha value is -3.22. The lowest BCUT2D eigenvalue weighted by Gasteiger charge is -2.21. The van der Waals surface area contributed by atoms with Gasteiger partial charge in [0.25, 0.3) is 0 Å². The van der Waals surface area contributed by atoms with E-state index in [0.29, 0.717) is 28.9 Å². The molecule has 1 aromatic carbocycles. The first-order valence-electron chi connectivity index (χ1n) is 11.0. The van der Waals surface area contributed by atoms with Crippen molar-refractivity contribution in [3.63, 3.8) is 0 Å². The van der Waals surface area contributed by atoms with Crippen LogP contribution in [0.3, 0.4) is 0 Å². The Bertz CT molecular complexity index is 1460. The van der Waals surface area contributed by atoms with Crippen molar-refractivity contribution >= 4 is 25.8 Å². The van der Waals surface area contributed by atoms with Gasteiger partial charge in [0.05, 0.1) is 18.0 Å². The van der Waals surface area contributed by atoms with E-state index in [-0.39, 0.29) is 11.6 Å². The molecular formula is C24H25BrN6O4S. The number of rotatable bonds is 9. The summed E-state index contributed by atoms with van der Waals surface area (Å²) < 4.78 is 40.4. The molecule has 188 valence electrons. The average molecular weight is 573 g/mol. The van der Waals surface area contributed by atoms with Crippen LogP contribution in [0.5, 0.6) is 5.88 Å². The van der Waals surface area contributed by atoms with E-state index >= 15 is 0 Å². The van der Waals surface area contributed by atoms with Crippen LogP contribution in [0.2, 0.25) is 0 Å². The van der Waals surface area contributed by atoms with E-state index in [1.165, 1.54) is 14.2 Å². The molecule has 0 bridgehead atoms. The first kappa shape index (κ1) is 25.9. The van der Waals surface area contributed by atoms with Crippen molar-refractivity contribution in [3.05, 3.63) is 76.5 Å². The number of aromatic nitrogens is 6. The Kier molecular flexibility index (Phi) is 7.76. The lowest BCUT2D eigenvalue weighted by atomic mass is 10.2. The molecule has 0 fully saturated rings. The third kappa shape index (κ3) is 5.45. The lowest BCUT2D eigenvalue weighted by Crippen LogP contribution is -2.30. The van der Waals surface area contributed by atoms with Crippen LogP contribution in [0.25, 0.3) is 17.2 Å². The number of benzene rings is 1. The van der Waals surface area contributed by atoms with Crippen LogP contribution in [0, 0.1) is 6.92 Å². The Morgan fingerprint density at radius 3 is 2.44 bits per heavy atom. The van der Waals surface area contributed by atoms with Gasteiger partial charge in [0, 0.05) is 30.0 Å². The second-order valence-corrected chi connectivity index (χ2v) is 11.4. The van der Waals surface area contributed by atoms with E-state index in [4.69, 9.17) is 9.47 Å². The molecule has 0 spiro atoms. The Balaban J connectivity index is 1.76. The van der Waals surface area contributed by atoms with Crippen LogP contribution in [0.15, 0.2) is 59.3 Å². The number of aryl methyl sites for hydroxylation is 1. The smallest absolute Gasteiger partial charge is 0.213 e. The molecule has 4 rings (SSSR count). The third-order valence-corrected chi connectivity index (χ3v) is 8.12. The standard InChI is InChI=1S/C24H25BrN6O4S/c1-15-12-26-23(27-13-15)22(35-4)16(2)36(32,33)14-20-29-30-24(19-9-6-10-21(28-19)34-3)31(20)18-8-5-7-17(25)11-18/h5-13,16,22H,14H2,1-4H3/t16-,22-/m0/s1. The molecule has 0 N–H and O–H groups in total. The topological polar surface area (TPSA) is 122 Å². The molecule has 3 heterocycles. The zero-order valence-corrected chi connectivity index (χ0v) is 22.6. The van der Waals surface area contributed by atoms with Gasteiger partial charge in [-0.25, -0.2) is 23.4 Å². The highest BCUT2D eigenvalue weighted by Crippen LogP contribution is 2.29. The maximum absolute atomic E-state index is 13.6. The van der Waals surface area contributed by atoms with Gasteiger partial charge in [0.15, 0.2) is 27.3 Å². The second kappa shape index (κ2) is 10.8. The maximum atomic E-state index is 13.6. The predicted octanol–water partition coefficient (Wildman–Crippen LogP) is 3.89. The van der Waals surface area contributed by atoms with Gasteiger partial charge in [-0.3, -0.25) is 4.57 Å². The molecule has 4 aromatic rings. The van der Waals surface area contributed by atoms with E-state index < -0.39 is 21.2 Å². The number of halogens is 1. The fourth-order valence-corrected chi connectivity index (χ4v) is 5.48. The highest BCUT2D eigenvalue weighted by atomic mass is 79.9. The van der Waals surface area contributed by atoms with Crippen LogP contribution < -0.4 is 4.74 Å². The minimum absolute atomic E-state index is 0.235. The number of ether oxygens (including phenoxy) is 2. The molecule has 10 nitrogen and oxygen atoms in total. The summed E-state index contributed by atoms with van der Waals surface area (Å²) in [4.78, 5) is 13.0. The molecule has 0 aliphatic heterocycles. The van der Waals surface area contributed by atoms with Gasteiger partial charge in [-0.05, 0) is 43.7 Å². The SMILES string of the molecule is COc1cccc(-c2nnc(CS(=O)(=O)[C@@H](C)[C@H](OC)c3ncc(C)cn3)n2-c2cccc(Br)c2)n1. The number of hydrogen-bond donors (Lipinski definition) is 0. The summed E-state index contributed by atoms with van der Waals surface area (Å²) in [6, 6.07) is 12.7. The van der Waals surface area contributed by atoms with Crippen LogP contribution in [-0.2, 0) is 20.3 Å². The van der Waals surface area contributed by atoms with Gasteiger partial charge in [-0.1, -0.05) is 28.1 Å². The number of nitrogens with zero attached hydrogens (tertiary/aromatic N) is 6. The highest BCUT2D eigenvalue weighted by Gasteiger charge is 2.34. The summed E-state index contributed by atoms with van der Waals surface area (Å²) in [5, 5.41) is 7.61. The largest absolute Gasteiger partial charge is 0.481 e. The molecule has 2 atom stereocenters. The van der Waals surface area contributed by atoms with E-state index in [1.54, 1.807) is 42.1 Å². The fraction of sp³-hybridized carbons (Fsp3) is 0.292. The number of hydrogen-bond acceptors (Lipinski definition) is 9. The van der Waals surface area contributed by atoms with Crippen molar-refractivity contribution < 1.29 is 17.9 Å². The van der Waals surface area contributed by atoms with Crippen molar-refractivity contribution in [2.45, 2.75) is 31.0 Å². The molecule has 0 radical (unpaired) electrons. The van der Waals surface area contributed by atoms with Crippen LogP contribution >= 0.6 is 15.9 Å². The summed E-state index contributed by atoms with van der Waals surface area (Å²) in [6.07, 6.45) is 2.41. The molecule has 3 aromatic heterocycles. The Labute approximate surface area is 217 Å². The quantitative estimate of drug-likeness (QED) is 0.294. The van der Waals surface area contributed by atoms with Crippen molar-refractivity contribution in [2.75, 3.05) is 14.2 Å². The van der Waals surface area contributed by atoms with Crippen LogP contribution in [0.4, 0.5) is 0 Å². The number of methoxy groups -OCH3 is 2. The van der Waals surface area contributed by atoms with Gasteiger partial charge in [0.1, 0.15) is 17.6 Å². The molecule has 0 aliphatic carbocycles. The summed E-state index contributed by atoms with van der Waals surface area (Å²) in [5.41, 5.74) is 2.03. The minimum Gasteiger partial charge on any atom is -0.481 e. The van der Waals surface area contributed by atoms with Gasteiger partial charge in [-0.15, -0.1) is 10.2 Å². The zero-order chi connectivity index (χ0) is 25.9. The summed E-state index contributed by atoms with van der Waals surface area (Å²) >= 11 is 3.48. The lowest BCUT2D eigenvalue weighted by molar-refractivity contribution is 0.0947. The Morgan fingerprint density at radius 1 is 1.06 bits per heavy atom. The van der Waals surface area contributed by atoms with E-state index in [0.717, 1.165) is 10.0 Å². The first-order valence-corrected chi connectivity index (χ1v) is 13.5. The maximum Gasteiger partial charge on any atom is 0.213 e. The highest BCUT2D eigenvalue weighted by molar-refractivity contribution is 9.10. The van der Waals surface area contributed by atoms with Crippen LogP contribution in [-0.4, -0.2) is 57.6 Å². The molecule has 36 heavy (non-hydrogen) atoms. The van der Waals surface area contributed by atoms with Crippen molar-refractivity contribution in [3.8, 4) is 23.1 Å². The zero-order valence-electron chi connectivity index (χ0n) is 20.2. The summed E-state index contributed by atoms with van der Waals surface area (Å²) in [5.74, 6) is 0.937. The molecule has 0 amide bonds. The Morgan fingerprint density at radius 2 is 1.78 bits per heavy atom. The molecule has 12 heteroatoms. The monoisotopic (exact) mass is 572 g/mol. The van der Waals surface area contributed by atoms with Gasteiger partial charge in [0.2, 0.25) is 5.88 Å². The van der Waals surface area contributed by atoms with Crippen molar-refractivity contribution in [2.24, 2.45) is 0 Å². The number of pyridine rings is 1. The number of sulfone groups is 1. The van der Waals surface area contributed by atoms with Gasteiger partial charge >= 0.3 is 0 Å². The third-order valence-electron chi connectivity index (χ3n) is 5.59. The molecule has 0 saturated heterocycles. The van der Waals surface area contributed by atoms with E-state index in [2.05, 4.69) is 41.1 Å². The molecule has 0 saturated carbocycles. The predicted molar refractivity (Wildman–Crippen MR) is 137 cm³/mol. The fourth-order valence-electron chi connectivity index (χ4n) is 3.67. The average Bonchev–Trinajstić information content (AvgIpc) is 3.28. The van der Waals surface area contributed by atoms with E-state index in [9.17, 15) is 8.42 Å². The second-order valence-electron chi connectivity index (χ2n) is 8.11. The first-order chi connectivity index (χ1) is 17.2. The normalized spacial score (nSPS) is 13.4. The van der Waals surface area contributed by atoms with Gasteiger partial charge < -0.3 is 9.47 Å². The van der Waals surface area contributed by atoms with Crippen molar-refractivity contribution in [1.82, 2.24) is 29.7 Å². The van der Waals surface area contributed by atoms with Crippen LogP contribution in [0.1, 0.15) is 30.2 Å². The van der Waals surface area contributed by atoms with E-state index in [1.807, 2.05) is 31.2 Å². The minimum atomic E-state index is -3.79. The molecule has 0 unspecified atom stereocenters. The van der Waals surface area contributed by atoms with Crippen molar-refractivity contribution in [1.29, 1.82) is 0 Å². The van der Waals surface area contributed by atoms with Gasteiger partial charge in [-0.2, -0.15) is 0 Å². The molecular weight excluding hydrogens is 548 g/mol. The molecule has 0 aliphatic rings. The summed E-state index contributed by atoms with van der Waals surface area (Å²) in [7, 11) is -0.827. The summed E-state index contributed by atoms with van der Waals surface area (Å²) in [6.45, 7) is 3.44.